The van der Waals surface area contributed by atoms with Gasteiger partial charge in [-0.25, -0.2) is 4.39 Å². The Balaban J connectivity index is 2.40. The molecule has 0 amide bonds. The summed E-state index contributed by atoms with van der Waals surface area (Å²) >= 11 is 0. The van der Waals surface area contributed by atoms with Gasteiger partial charge in [-0.3, -0.25) is 0 Å². The lowest BCUT2D eigenvalue weighted by molar-refractivity contribution is -0.141. The van der Waals surface area contributed by atoms with Gasteiger partial charge < -0.3 is 0 Å². The highest BCUT2D eigenvalue weighted by atomic mass is 19.4. The van der Waals surface area contributed by atoms with Crippen molar-refractivity contribution >= 4 is 0 Å². The number of hydrogen-bond acceptors (Lipinski definition) is 0. The summed E-state index contributed by atoms with van der Waals surface area (Å²) in [5.74, 6) is -2.16. The largest absolute Gasteiger partial charge is 0.419 e. The lowest BCUT2D eigenvalue weighted by Gasteiger charge is -2.27. The second kappa shape index (κ2) is 8.00. The first-order valence-corrected chi connectivity index (χ1v) is 9.19. The van der Waals surface area contributed by atoms with Gasteiger partial charge in [-0.05, 0) is 46.9 Å². The van der Waals surface area contributed by atoms with Crippen molar-refractivity contribution in [2.45, 2.75) is 64.2 Å². The maximum Gasteiger partial charge on any atom is 0.419 e. The lowest BCUT2D eigenvalue weighted by atomic mass is 9.80. The van der Waals surface area contributed by atoms with Gasteiger partial charge in [0.15, 0.2) is 0 Å². The number of hydrogen-bond donors (Lipinski definition) is 0. The van der Waals surface area contributed by atoms with Gasteiger partial charge in [0.25, 0.3) is 0 Å². The number of benzene rings is 2. The van der Waals surface area contributed by atoms with Crippen molar-refractivity contribution in [3.63, 3.8) is 0 Å². The molecule has 0 N–H and O–H groups in total. The van der Waals surface area contributed by atoms with Gasteiger partial charge in [-0.15, -0.1) is 0 Å². The fourth-order valence-corrected chi connectivity index (χ4v) is 3.55. The molecule has 0 spiro atoms. The van der Waals surface area contributed by atoms with E-state index in [0.29, 0.717) is 0 Å². The van der Waals surface area contributed by atoms with Gasteiger partial charge in [0.05, 0.1) is 11.1 Å². The highest BCUT2D eigenvalue weighted by Crippen LogP contribution is 2.42. The average molecular weight is 420 g/mol. The van der Waals surface area contributed by atoms with Crippen molar-refractivity contribution in [2.75, 3.05) is 0 Å². The number of aryl methyl sites for hydroxylation is 1. The SMILES string of the molecule is CC(CCc1cccc(C(C)(C)C)c1C(F)(F)F)c1cccc(F)c1C(F)(F)F. The van der Waals surface area contributed by atoms with E-state index in [2.05, 4.69) is 0 Å². The van der Waals surface area contributed by atoms with E-state index in [9.17, 15) is 30.7 Å². The third-order valence-corrected chi connectivity index (χ3v) is 4.95. The minimum absolute atomic E-state index is 0.0171. The maximum atomic E-state index is 13.8. The quantitative estimate of drug-likeness (QED) is 0.441. The Hall–Kier alpha value is -2.05. The Morgan fingerprint density at radius 3 is 1.86 bits per heavy atom. The first kappa shape index (κ1) is 23.2. The molecule has 29 heavy (non-hydrogen) atoms. The highest BCUT2D eigenvalue weighted by Gasteiger charge is 2.39. The molecule has 0 fully saturated rings. The van der Waals surface area contributed by atoms with Crippen LogP contribution in [0.5, 0.6) is 0 Å². The van der Waals surface area contributed by atoms with Crippen LogP contribution >= 0.6 is 0 Å². The van der Waals surface area contributed by atoms with Gasteiger partial charge >= 0.3 is 12.4 Å². The molecule has 0 aromatic heterocycles. The summed E-state index contributed by atoms with van der Waals surface area (Å²) in [6, 6.07) is 7.38. The minimum atomic E-state index is -4.88. The summed E-state index contributed by atoms with van der Waals surface area (Å²) in [5, 5.41) is 0. The highest BCUT2D eigenvalue weighted by molar-refractivity contribution is 5.42. The van der Waals surface area contributed by atoms with Gasteiger partial charge in [-0.2, -0.15) is 26.3 Å². The molecule has 0 nitrogen and oxygen atoms in total. The van der Waals surface area contributed by atoms with E-state index in [1.54, 1.807) is 20.8 Å². The van der Waals surface area contributed by atoms with Crippen molar-refractivity contribution in [1.29, 1.82) is 0 Å². The Morgan fingerprint density at radius 2 is 1.34 bits per heavy atom. The van der Waals surface area contributed by atoms with Crippen molar-refractivity contribution in [1.82, 2.24) is 0 Å². The maximum absolute atomic E-state index is 13.8. The molecule has 1 atom stereocenters. The zero-order chi connectivity index (χ0) is 22.2. The van der Waals surface area contributed by atoms with Gasteiger partial charge in [0.1, 0.15) is 5.82 Å². The van der Waals surface area contributed by atoms with E-state index in [4.69, 9.17) is 0 Å². The summed E-state index contributed by atoms with van der Waals surface area (Å²) in [5.41, 5.74) is -2.93. The van der Waals surface area contributed by atoms with Crippen LogP contribution in [0.1, 0.15) is 67.9 Å². The zero-order valence-electron chi connectivity index (χ0n) is 16.6. The Kier molecular flexibility index (Phi) is 6.40. The molecule has 0 saturated heterocycles. The summed E-state index contributed by atoms with van der Waals surface area (Å²) in [4.78, 5) is 0. The van der Waals surface area contributed by atoms with E-state index in [1.165, 1.54) is 37.3 Å². The molecule has 0 bridgehead atoms. The molecule has 2 aromatic carbocycles. The topological polar surface area (TPSA) is 0 Å². The Bertz CT molecular complexity index is 855. The molecule has 0 aliphatic heterocycles. The van der Waals surface area contributed by atoms with Crippen molar-refractivity contribution in [2.24, 2.45) is 0 Å². The number of halogens is 7. The molecule has 0 aliphatic carbocycles. The van der Waals surface area contributed by atoms with Crippen LogP contribution in [0, 0.1) is 5.82 Å². The summed E-state index contributed by atoms with van der Waals surface area (Å²) in [6.07, 6.45) is -9.52. The molecule has 0 saturated carbocycles. The van der Waals surface area contributed by atoms with Crippen LogP contribution in [-0.4, -0.2) is 0 Å². The third-order valence-electron chi connectivity index (χ3n) is 4.95. The van der Waals surface area contributed by atoms with E-state index < -0.39 is 40.6 Å². The minimum Gasteiger partial charge on any atom is -0.206 e. The van der Waals surface area contributed by atoms with E-state index in [-0.39, 0.29) is 29.5 Å². The van der Waals surface area contributed by atoms with Crippen LogP contribution in [0.3, 0.4) is 0 Å². The summed E-state index contributed by atoms with van der Waals surface area (Å²) in [7, 11) is 0. The van der Waals surface area contributed by atoms with Gasteiger partial charge in [0, 0.05) is 0 Å². The second-order valence-corrected chi connectivity index (χ2v) is 8.23. The Labute approximate surface area is 165 Å². The van der Waals surface area contributed by atoms with Crippen molar-refractivity contribution < 1.29 is 30.7 Å². The van der Waals surface area contributed by atoms with Gasteiger partial charge in [0.2, 0.25) is 0 Å². The first-order chi connectivity index (χ1) is 13.1. The van der Waals surface area contributed by atoms with Crippen molar-refractivity contribution in [3.8, 4) is 0 Å². The number of rotatable bonds is 4. The fourth-order valence-electron chi connectivity index (χ4n) is 3.55. The molecule has 7 heteroatoms. The molecule has 2 aromatic rings. The Morgan fingerprint density at radius 1 is 0.793 bits per heavy atom. The van der Waals surface area contributed by atoms with Crippen LogP contribution in [0.15, 0.2) is 36.4 Å². The molecule has 0 aliphatic rings. The predicted octanol–water partition coefficient (Wildman–Crippen LogP) is 7.90. The zero-order valence-corrected chi connectivity index (χ0v) is 16.6. The smallest absolute Gasteiger partial charge is 0.206 e. The van der Waals surface area contributed by atoms with E-state index in [0.717, 1.165) is 6.07 Å². The second-order valence-electron chi connectivity index (χ2n) is 8.23. The summed E-state index contributed by atoms with van der Waals surface area (Å²) in [6.45, 7) is 6.48. The number of alkyl halides is 6. The standard InChI is InChI=1S/C22H23F7/c1-13(15-8-6-10-17(23)19(15)22(27,28)29)11-12-14-7-5-9-16(20(2,3)4)18(14)21(24,25)26/h5-10,13H,11-12H2,1-4H3. The molecule has 2 rings (SSSR count). The predicted molar refractivity (Wildman–Crippen MR) is 98.3 cm³/mol. The van der Waals surface area contributed by atoms with Crippen LogP contribution in [0.25, 0.3) is 0 Å². The van der Waals surface area contributed by atoms with Gasteiger partial charge in [-0.1, -0.05) is 58.0 Å². The molecule has 1 unspecified atom stereocenters. The molecule has 160 valence electrons. The average Bonchev–Trinajstić information content (AvgIpc) is 2.56. The third kappa shape index (κ3) is 5.31. The van der Waals surface area contributed by atoms with Crippen molar-refractivity contribution in [3.05, 3.63) is 70.0 Å². The molecular weight excluding hydrogens is 397 g/mol. The molecule has 0 heterocycles. The molecular formula is C22H23F7. The molecule has 0 radical (unpaired) electrons. The van der Waals surface area contributed by atoms with Crippen LogP contribution in [0.2, 0.25) is 0 Å². The fraction of sp³-hybridized carbons (Fsp3) is 0.455. The first-order valence-electron chi connectivity index (χ1n) is 9.19. The lowest BCUT2D eigenvalue weighted by Crippen LogP contribution is -2.21. The van der Waals surface area contributed by atoms with Crippen LogP contribution < -0.4 is 0 Å². The van der Waals surface area contributed by atoms with E-state index >= 15 is 0 Å². The normalized spacial score (nSPS) is 14.2. The monoisotopic (exact) mass is 420 g/mol. The van der Waals surface area contributed by atoms with E-state index in [1.807, 2.05) is 0 Å². The van der Waals surface area contributed by atoms with Crippen LogP contribution in [-0.2, 0) is 24.2 Å². The van der Waals surface area contributed by atoms with Crippen LogP contribution in [0.4, 0.5) is 30.7 Å². The summed E-state index contributed by atoms with van der Waals surface area (Å²) < 4.78 is 94.8.